The summed E-state index contributed by atoms with van der Waals surface area (Å²) in [5.41, 5.74) is 10.0. The number of benzene rings is 2. The zero-order valence-corrected chi connectivity index (χ0v) is 11.1. The Balaban J connectivity index is 2.10. The molecule has 2 aromatic rings. The molecular formula is C17H16FNO. The number of hydrogen-bond acceptors (Lipinski definition) is 2. The summed E-state index contributed by atoms with van der Waals surface area (Å²) in [4.78, 5) is 12.0. The minimum Gasteiger partial charge on any atom is -0.321 e. The Bertz CT molecular complexity index is 649. The van der Waals surface area contributed by atoms with Crippen LogP contribution < -0.4 is 5.73 Å². The molecule has 0 saturated heterocycles. The molecule has 2 aromatic carbocycles. The van der Waals surface area contributed by atoms with Crippen LogP contribution in [-0.2, 0) is 17.6 Å². The number of carbonyl (C=O) groups excluding carboxylic acids is 1. The van der Waals surface area contributed by atoms with E-state index in [-0.39, 0.29) is 17.6 Å². The van der Waals surface area contributed by atoms with Gasteiger partial charge in [-0.3, -0.25) is 4.79 Å². The molecule has 0 heterocycles. The predicted octanol–water partition coefficient (Wildman–Crippen LogP) is 2.88. The Morgan fingerprint density at radius 3 is 2.60 bits per heavy atom. The Morgan fingerprint density at radius 1 is 1.10 bits per heavy atom. The fourth-order valence-electron chi connectivity index (χ4n) is 2.75. The van der Waals surface area contributed by atoms with Crippen molar-refractivity contribution in [2.24, 2.45) is 5.73 Å². The van der Waals surface area contributed by atoms with Gasteiger partial charge in [0.25, 0.3) is 0 Å². The van der Waals surface area contributed by atoms with E-state index in [1.807, 2.05) is 18.2 Å². The maximum atomic E-state index is 13.0. The van der Waals surface area contributed by atoms with Gasteiger partial charge in [-0.2, -0.15) is 0 Å². The van der Waals surface area contributed by atoms with Crippen LogP contribution in [0.2, 0.25) is 0 Å². The number of hydrogen-bond donors (Lipinski definition) is 1. The van der Waals surface area contributed by atoms with E-state index in [0.29, 0.717) is 12.8 Å². The van der Waals surface area contributed by atoms with Gasteiger partial charge in [-0.05, 0) is 47.2 Å². The van der Waals surface area contributed by atoms with E-state index in [0.717, 1.165) is 23.1 Å². The second-order valence-corrected chi connectivity index (χ2v) is 5.24. The van der Waals surface area contributed by atoms with Gasteiger partial charge in [-0.1, -0.05) is 30.3 Å². The molecule has 0 amide bonds. The van der Waals surface area contributed by atoms with E-state index in [4.69, 9.17) is 5.73 Å². The summed E-state index contributed by atoms with van der Waals surface area (Å²) in [6, 6.07) is 12.0. The van der Waals surface area contributed by atoms with Crippen molar-refractivity contribution in [3.63, 3.8) is 0 Å². The third kappa shape index (κ3) is 2.37. The fourth-order valence-corrected chi connectivity index (χ4v) is 2.75. The molecule has 2 nitrogen and oxygen atoms in total. The summed E-state index contributed by atoms with van der Waals surface area (Å²) in [6.45, 7) is 0. The highest BCUT2D eigenvalue weighted by atomic mass is 19.1. The highest BCUT2D eigenvalue weighted by Crippen LogP contribution is 2.30. The fraction of sp³-hybridized carbons (Fsp3) is 0.235. The highest BCUT2D eigenvalue weighted by Gasteiger charge is 2.22. The third-order valence-electron chi connectivity index (χ3n) is 3.92. The quantitative estimate of drug-likeness (QED) is 0.809. The topological polar surface area (TPSA) is 43.1 Å². The van der Waals surface area contributed by atoms with Crippen LogP contribution in [0.4, 0.5) is 4.39 Å². The normalized spacial score (nSPS) is 18.5. The Kier molecular flexibility index (Phi) is 3.36. The lowest BCUT2D eigenvalue weighted by Gasteiger charge is -2.12. The number of aryl methyl sites for hydroxylation is 1. The predicted molar refractivity (Wildman–Crippen MR) is 76.8 cm³/mol. The van der Waals surface area contributed by atoms with Crippen LogP contribution in [0.1, 0.15) is 17.5 Å². The second kappa shape index (κ2) is 5.17. The van der Waals surface area contributed by atoms with Gasteiger partial charge in [0, 0.05) is 6.42 Å². The summed E-state index contributed by atoms with van der Waals surface area (Å²) < 4.78 is 13.0. The molecule has 1 aliphatic carbocycles. The molecule has 1 aliphatic rings. The largest absolute Gasteiger partial charge is 0.321 e. The lowest BCUT2D eigenvalue weighted by Crippen LogP contribution is -2.30. The Morgan fingerprint density at radius 2 is 1.85 bits per heavy atom. The summed E-state index contributed by atoms with van der Waals surface area (Å²) >= 11 is 0. The third-order valence-corrected chi connectivity index (χ3v) is 3.92. The lowest BCUT2D eigenvalue weighted by molar-refractivity contribution is -0.119. The number of rotatable bonds is 1. The van der Waals surface area contributed by atoms with E-state index < -0.39 is 0 Å². The molecule has 102 valence electrons. The van der Waals surface area contributed by atoms with E-state index >= 15 is 0 Å². The zero-order valence-electron chi connectivity index (χ0n) is 11.1. The Labute approximate surface area is 117 Å². The first-order chi connectivity index (χ1) is 9.65. The number of ketones is 1. The molecule has 1 atom stereocenters. The van der Waals surface area contributed by atoms with Crippen LogP contribution in [0.3, 0.4) is 0 Å². The van der Waals surface area contributed by atoms with E-state index in [2.05, 4.69) is 0 Å². The van der Waals surface area contributed by atoms with Gasteiger partial charge >= 0.3 is 0 Å². The number of nitrogens with two attached hydrogens (primary N) is 1. The van der Waals surface area contributed by atoms with Crippen molar-refractivity contribution in [3.8, 4) is 11.1 Å². The monoisotopic (exact) mass is 269 g/mol. The molecule has 2 N–H and O–H groups in total. The average molecular weight is 269 g/mol. The molecule has 0 saturated carbocycles. The summed E-state index contributed by atoms with van der Waals surface area (Å²) in [6.07, 6.45) is 1.88. The van der Waals surface area contributed by atoms with Crippen molar-refractivity contribution in [1.29, 1.82) is 0 Å². The molecule has 0 radical (unpaired) electrons. The van der Waals surface area contributed by atoms with Gasteiger partial charge in [-0.25, -0.2) is 4.39 Å². The average Bonchev–Trinajstić information content (AvgIpc) is 2.60. The van der Waals surface area contributed by atoms with Crippen molar-refractivity contribution in [2.75, 3.05) is 0 Å². The minimum atomic E-state index is -0.372. The maximum absolute atomic E-state index is 13.0. The van der Waals surface area contributed by atoms with Crippen LogP contribution in [0.15, 0.2) is 42.5 Å². The second-order valence-electron chi connectivity index (χ2n) is 5.24. The molecule has 0 aromatic heterocycles. The molecule has 20 heavy (non-hydrogen) atoms. The van der Waals surface area contributed by atoms with Crippen molar-refractivity contribution in [3.05, 3.63) is 59.4 Å². The molecule has 0 spiro atoms. The molecule has 3 rings (SSSR count). The van der Waals surface area contributed by atoms with Crippen LogP contribution in [-0.4, -0.2) is 11.8 Å². The molecule has 0 bridgehead atoms. The van der Waals surface area contributed by atoms with Crippen LogP contribution in [0.25, 0.3) is 11.1 Å². The van der Waals surface area contributed by atoms with Gasteiger partial charge in [0.1, 0.15) is 5.82 Å². The van der Waals surface area contributed by atoms with E-state index in [1.165, 1.54) is 17.7 Å². The number of fused-ring (bicyclic) bond motifs is 1. The Hall–Kier alpha value is -2.00. The molecular weight excluding hydrogens is 253 g/mol. The summed E-state index contributed by atoms with van der Waals surface area (Å²) in [5, 5.41) is 0. The van der Waals surface area contributed by atoms with E-state index in [1.54, 1.807) is 12.1 Å². The van der Waals surface area contributed by atoms with Gasteiger partial charge < -0.3 is 5.73 Å². The zero-order chi connectivity index (χ0) is 14.1. The maximum Gasteiger partial charge on any atom is 0.153 e. The molecule has 0 fully saturated rings. The first-order valence-corrected chi connectivity index (χ1v) is 6.80. The molecule has 0 aliphatic heterocycles. The SMILES string of the molecule is NC1CCc2cccc(-c3ccc(F)cc3)c2CC1=O. The first-order valence-electron chi connectivity index (χ1n) is 6.80. The molecule has 3 heteroatoms. The van der Waals surface area contributed by atoms with Gasteiger partial charge in [-0.15, -0.1) is 0 Å². The first kappa shape index (κ1) is 13.0. The lowest BCUT2D eigenvalue weighted by atomic mass is 9.92. The van der Waals surface area contributed by atoms with Crippen molar-refractivity contribution in [1.82, 2.24) is 0 Å². The van der Waals surface area contributed by atoms with Gasteiger partial charge in [0.2, 0.25) is 0 Å². The number of halogens is 1. The van der Waals surface area contributed by atoms with Crippen LogP contribution in [0.5, 0.6) is 0 Å². The van der Waals surface area contributed by atoms with E-state index in [9.17, 15) is 9.18 Å². The van der Waals surface area contributed by atoms with Crippen molar-refractivity contribution < 1.29 is 9.18 Å². The number of Topliss-reactive ketones (excluding diaryl/α,β-unsaturated/α-hetero) is 1. The molecule has 1 unspecified atom stereocenters. The standard InChI is InChI=1S/C17H16FNO/c18-13-7-4-12(5-8-13)14-3-1-2-11-6-9-16(19)17(20)10-15(11)14/h1-5,7-8,16H,6,9-10,19H2. The summed E-state index contributed by atoms with van der Waals surface area (Å²) in [7, 11) is 0. The summed E-state index contributed by atoms with van der Waals surface area (Å²) in [5.74, 6) is -0.174. The van der Waals surface area contributed by atoms with Crippen molar-refractivity contribution in [2.45, 2.75) is 25.3 Å². The van der Waals surface area contributed by atoms with Gasteiger partial charge in [0.05, 0.1) is 6.04 Å². The smallest absolute Gasteiger partial charge is 0.153 e. The number of carbonyl (C=O) groups is 1. The minimum absolute atomic E-state index is 0.0818. The van der Waals surface area contributed by atoms with Crippen LogP contribution in [0, 0.1) is 5.82 Å². The van der Waals surface area contributed by atoms with Gasteiger partial charge in [0.15, 0.2) is 5.78 Å². The highest BCUT2D eigenvalue weighted by molar-refractivity contribution is 5.89. The van der Waals surface area contributed by atoms with Crippen LogP contribution >= 0.6 is 0 Å². The van der Waals surface area contributed by atoms with Crippen molar-refractivity contribution >= 4 is 5.78 Å².